The lowest BCUT2D eigenvalue weighted by Gasteiger charge is -2.13. The summed E-state index contributed by atoms with van der Waals surface area (Å²) in [4.78, 5) is 13.0. The Balaban J connectivity index is 0.00000106. The van der Waals surface area contributed by atoms with Crippen molar-refractivity contribution in [2.24, 2.45) is 0 Å². The minimum atomic E-state index is -0.0313. The van der Waals surface area contributed by atoms with Crippen molar-refractivity contribution in [2.75, 3.05) is 19.4 Å². The summed E-state index contributed by atoms with van der Waals surface area (Å²) >= 11 is 0. The molecule has 1 aromatic rings. The fourth-order valence-corrected chi connectivity index (χ4v) is 1.31. The number of benzene rings is 1. The first-order chi connectivity index (χ1) is 7.59. The van der Waals surface area contributed by atoms with E-state index < -0.39 is 0 Å². The fraction of sp³-hybridized carbons (Fsp3) is 0.462. The lowest BCUT2D eigenvalue weighted by Crippen LogP contribution is -2.14. The standard InChI is InChI=1S/C11H16N2O.C2H6/c1-9(14)12-11-7-5-4-6-10(11)8-13(2)3;1-2/h4-7H,8H2,1-3H3,(H,12,14);1-2H3. The molecule has 0 unspecified atom stereocenters. The van der Waals surface area contributed by atoms with Gasteiger partial charge in [-0.1, -0.05) is 32.0 Å². The van der Waals surface area contributed by atoms with Crippen molar-refractivity contribution >= 4 is 11.6 Å². The van der Waals surface area contributed by atoms with Gasteiger partial charge < -0.3 is 10.2 Å². The van der Waals surface area contributed by atoms with Crippen LogP contribution < -0.4 is 5.32 Å². The number of carbonyl (C=O) groups excluding carboxylic acids is 1. The lowest BCUT2D eigenvalue weighted by molar-refractivity contribution is -0.114. The zero-order chi connectivity index (χ0) is 12.6. The first-order valence-electron chi connectivity index (χ1n) is 5.60. The van der Waals surface area contributed by atoms with Crippen molar-refractivity contribution in [3.63, 3.8) is 0 Å². The molecular formula is C13H22N2O. The van der Waals surface area contributed by atoms with E-state index in [0.29, 0.717) is 0 Å². The first-order valence-corrected chi connectivity index (χ1v) is 5.60. The maximum atomic E-state index is 10.9. The van der Waals surface area contributed by atoms with Gasteiger partial charge in [-0.2, -0.15) is 0 Å². The molecular weight excluding hydrogens is 200 g/mol. The molecule has 90 valence electrons. The third-order valence-corrected chi connectivity index (χ3v) is 1.81. The van der Waals surface area contributed by atoms with Gasteiger partial charge in [0.1, 0.15) is 0 Å². The summed E-state index contributed by atoms with van der Waals surface area (Å²) in [5.41, 5.74) is 2.03. The number of hydrogen-bond donors (Lipinski definition) is 1. The second-order valence-corrected chi connectivity index (χ2v) is 3.58. The predicted octanol–water partition coefficient (Wildman–Crippen LogP) is 2.73. The summed E-state index contributed by atoms with van der Waals surface area (Å²) in [6.45, 7) is 6.35. The Morgan fingerprint density at radius 1 is 1.25 bits per heavy atom. The molecule has 0 saturated carbocycles. The summed E-state index contributed by atoms with van der Waals surface area (Å²) in [6.07, 6.45) is 0. The Hall–Kier alpha value is -1.35. The maximum absolute atomic E-state index is 10.9. The van der Waals surface area contributed by atoms with E-state index in [1.165, 1.54) is 6.92 Å². The van der Waals surface area contributed by atoms with Gasteiger partial charge in [0, 0.05) is 19.2 Å². The molecule has 1 amide bonds. The molecule has 0 fully saturated rings. The van der Waals surface area contributed by atoms with Gasteiger partial charge in [0.05, 0.1) is 0 Å². The Labute approximate surface area is 98.5 Å². The van der Waals surface area contributed by atoms with E-state index in [2.05, 4.69) is 10.2 Å². The second kappa shape index (κ2) is 7.88. The van der Waals surface area contributed by atoms with Crippen LogP contribution in [0.5, 0.6) is 0 Å². The molecule has 0 bridgehead atoms. The van der Waals surface area contributed by atoms with Crippen LogP contribution in [0.2, 0.25) is 0 Å². The molecule has 0 heterocycles. The van der Waals surface area contributed by atoms with Crippen LogP contribution >= 0.6 is 0 Å². The lowest BCUT2D eigenvalue weighted by atomic mass is 10.1. The molecule has 0 spiro atoms. The van der Waals surface area contributed by atoms with Gasteiger partial charge in [-0.15, -0.1) is 0 Å². The van der Waals surface area contributed by atoms with Crippen LogP contribution in [0.4, 0.5) is 5.69 Å². The Morgan fingerprint density at radius 3 is 2.31 bits per heavy atom. The summed E-state index contributed by atoms with van der Waals surface area (Å²) < 4.78 is 0. The quantitative estimate of drug-likeness (QED) is 0.853. The largest absolute Gasteiger partial charge is 0.326 e. The zero-order valence-corrected chi connectivity index (χ0v) is 10.9. The number of anilines is 1. The van der Waals surface area contributed by atoms with Gasteiger partial charge in [0.25, 0.3) is 0 Å². The van der Waals surface area contributed by atoms with Crippen LogP contribution in [0.15, 0.2) is 24.3 Å². The summed E-state index contributed by atoms with van der Waals surface area (Å²) in [5.74, 6) is -0.0313. The highest BCUT2D eigenvalue weighted by Crippen LogP contribution is 2.15. The molecule has 0 saturated heterocycles. The van der Waals surface area contributed by atoms with Crippen molar-refractivity contribution in [3.8, 4) is 0 Å². The SMILES string of the molecule is CC.CC(=O)Nc1ccccc1CN(C)C. The van der Waals surface area contributed by atoms with E-state index in [0.717, 1.165) is 17.8 Å². The molecule has 1 rings (SSSR count). The number of para-hydroxylation sites is 1. The topological polar surface area (TPSA) is 32.3 Å². The first kappa shape index (κ1) is 14.6. The van der Waals surface area contributed by atoms with Gasteiger partial charge in [0.15, 0.2) is 0 Å². The van der Waals surface area contributed by atoms with Crippen molar-refractivity contribution < 1.29 is 4.79 Å². The van der Waals surface area contributed by atoms with Gasteiger partial charge in [-0.05, 0) is 25.7 Å². The number of carbonyl (C=O) groups is 1. The highest BCUT2D eigenvalue weighted by atomic mass is 16.1. The van der Waals surface area contributed by atoms with Gasteiger partial charge in [0.2, 0.25) is 5.91 Å². The second-order valence-electron chi connectivity index (χ2n) is 3.58. The molecule has 16 heavy (non-hydrogen) atoms. The van der Waals surface area contributed by atoms with Gasteiger partial charge in [-0.3, -0.25) is 4.79 Å². The third-order valence-electron chi connectivity index (χ3n) is 1.81. The van der Waals surface area contributed by atoms with E-state index in [4.69, 9.17) is 0 Å². The summed E-state index contributed by atoms with van der Waals surface area (Å²) in [5, 5.41) is 2.81. The minimum absolute atomic E-state index is 0.0313. The fourth-order valence-electron chi connectivity index (χ4n) is 1.31. The van der Waals surface area contributed by atoms with E-state index in [1.807, 2.05) is 52.2 Å². The average molecular weight is 222 g/mol. The molecule has 0 aromatic heterocycles. The van der Waals surface area contributed by atoms with Crippen molar-refractivity contribution in [1.82, 2.24) is 4.90 Å². The molecule has 0 radical (unpaired) electrons. The minimum Gasteiger partial charge on any atom is -0.326 e. The van der Waals surface area contributed by atoms with Crippen molar-refractivity contribution in [3.05, 3.63) is 29.8 Å². The average Bonchev–Trinajstić information content (AvgIpc) is 2.22. The van der Waals surface area contributed by atoms with Crippen LogP contribution in [0.25, 0.3) is 0 Å². The molecule has 0 aliphatic carbocycles. The smallest absolute Gasteiger partial charge is 0.221 e. The zero-order valence-electron chi connectivity index (χ0n) is 10.9. The van der Waals surface area contributed by atoms with Crippen LogP contribution in [0, 0.1) is 0 Å². The van der Waals surface area contributed by atoms with E-state index >= 15 is 0 Å². The summed E-state index contributed by atoms with van der Waals surface area (Å²) in [6, 6.07) is 7.83. The molecule has 0 aliphatic rings. The molecule has 3 nitrogen and oxygen atoms in total. The maximum Gasteiger partial charge on any atom is 0.221 e. The molecule has 3 heteroatoms. The van der Waals surface area contributed by atoms with Crippen molar-refractivity contribution in [1.29, 1.82) is 0 Å². The number of hydrogen-bond acceptors (Lipinski definition) is 2. The van der Waals surface area contributed by atoms with E-state index in [-0.39, 0.29) is 5.91 Å². The Morgan fingerprint density at radius 2 is 1.81 bits per heavy atom. The third kappa shape index (κ3) is 5.51. The Bertz CT molecular complexity index is 321. The predicted molar refractivity (Wildman–Crippen MR) is 69.5 cm³/mol. The van der Waals surface area contributed by atoms with Gasteiger partial charge in [-0.25, -0.2) is 0 Å². The summed E-state index contributed by atoms with van der Waals surface area (Å²) in [7, 11) is 4.01. The number of amides is 1. The monoisotopic (exact) mass is 222 g/mol. The molecule has 0 aliphatic heterocycles. The van der Waals surface area contributed by atoms with E-state index in [1.54, 1.807) is 0 Å². The molecule has 1 N–H and O–H groups in total. The number of nitrogens with zero attached hydrogens (tertiary/aromatic N) is 1. The molecule has 1 aromatic carbocycles. The normalized spacial score (nSPS) is 9.38. The Kier molecular flexibility index (Phi) is 7.21. The highest BCUT2D eigenvalue weighted by molar-refractivity contribution is 5.89. The highest BCUT2D eigenvalue weighted by Gasteiger charge is 2.03. The number of rotatable bonds is 3. The van der Waals surface area contributed by atoms with Gasteiger partial charge >= 0.3 is 0 Å². The van der Waals surface area contributed by atoms with Crippen LogP contribution in [0.3, 0.4) is 0 Å². The number of nitrogens with one attached hydrogen (secondary N) is 1. The van der Waals surface area contributed by atoms with Crippen LogP contribution in [0.1, 0.15) is 26.3 Å². The van der Waals surface area contributed by atoms with Crippen molar-refractivity contribution in [2.45, 2.75) is 27.3 Å². The van der Waals surface area contributed by atoms with Crippen LogP contribution in [-0.2, 0) is 11.3 Å². The van der Waals surface area contributed by atoms with Crippen LogP contribution in [-0.4, -0.2) is 24.9 Å². The van der Waals surface area contributed by atoms with E-state index in [9.17, 15) is 4.79 Å². The molecule has 0 atom stereocenters.